The summed E-state index contributed by atoms with van der Waals surface area (Å²) in [6, 6.07) is 12.0. The molecule has 1 aromatic carbocycles. The zero-order valence-corrected chi connectivity index (χ0v) is 15.3. The Morgan fingerprint density at radius 1 is 1.00 bits per heavy atom. The van der Waals surface area contributed by atoms with Crippen LogP contribution in [0, 0.1) is 0 Å². The lowest BCUT2D eigenvalue weighted by Gasteiger charge is -2.08. The number of nitrogens with zero attached hydrogens (tertiary/aromatic N) is 1. The smallest absolute Gasteiger partial charge is 0.251 e. The second kappa shape index (κ2) is 9.78. The van der Waals surface area contributed by atoms with Crippen molar-refractivity contribution in [2.75, 3.05) is 13.1 Å². The number of hydrogen-bond donors (Lipinski definition) is 2. The fourth-order valence-corrected chi connectivity index (χ4v) is 2.61. The molecule has 0 bridgehead atoms. The van der Waals surface area contributed by atoms with E-state index in [9.17, 15) is 14.4 Å². The average molecular weight is 406 g/mol. The molecule has 0 aliphatic carbocycles. The number of unbranched alkanes of at least 4 members (excludes halogenated alkanes) is 1. The number of carbonyl (C=O) groups excluding carboxylic acids is 2. The molecule has 0 atom stereocenters. The van der Waals surface area contributed by atoms with Gasteiger partial charge in [0.05, 0.1) is 6.54 Å². The van der Waals surface area contributed by atoms with E-state index in [2.05, 4.69) is 26.6 Å². The molecule has 1 heterocycles. The molecule has 25 heavy (non-hydrogen) atoms. The highest BCUT2D eigenvalue weighted by atomic mass is 79.9. The second-order valence-corrected chi connectivity index (χ2v) is 6.40. The third-order valence-electron chi connectivity index (χ3n) is 3.54. The number of aromatic nitrogens is 1. The predicted molar refractivity (Wildman–Crippen MR) is 99.4 cm³/mol. The number of amides is 2. The standard InChI is InChI=1S/C18H20BrN3O3/c19-15-8-9-17(24)22(13-15)11-5-4-10-20-16(23)12-21-18(25)14-6-2-1-3-7-14/h1-3,6-9,13H,4-5,10-12H2,(H,20,23)(H,21,25). The lowest BCUT2D eigenvalue weighted by molar-refractivity contribution is -0.120. The highest BCUT2D eigenvalue weighted by Crippen LogP contribution is 2.05. The molecular weight excluding hydrogens is 386 g/mol. The van der Waals surface area contributed by atoms with E-state index in [0.717, 1.165) is 17.3 Å². The van der Waals surface area contributed by atoms with Crippen molar-refractivity contribution in [2.24, 2.45) is 0 Å². The molecular formula is C18H20BrN3O3. The molecule has 0 saturated heterocycles. The van der Waals surface area contributed by atoms with Gasteiger partial charge < -0.3 is 15.2 Å². The van der Waals surface area contributed by atoms with Crippen molar-refractivity contribution in [2.45, 2.75) is 19.4 Å². The van der Waals surface area contributed by atoms with Crippen LogP contribution in [0.2, 0.25) is 0 Å². The van der Waals surface area contributed by atoms with E-state index in [-0.39, 0.29) is 23.9 Å². The molecule has 0 unspecified atom stereocenters. The van der Waals surface area contributed by atoms with Gasteiger partial charge in [0.25, 0.3) is 11.5 Å². The Hall–Kier alpha value is -2.41. The Morgan fingerprint density at radius 3 is 2.52 bits per heavy atom. The maximum absolute atomic E-state index is 11.8. The van der Waals surface area contributed by atoms with Crippen molar-refractivity contribution in [1.29, 1.82) is 0 Å². The van der Waals surface area contributed by atoms with Gasteiger partial charge in [-0.1, -0.05) is 18.2 Å². The minimum absolute atomic E-state index is 0.0455. The van der Waals surface area contributed by atoms with Crippen LogP contribution in [0.15, 0.2) is 57.9 Å². The van der Waals surface area contributed by atoms with E-state index in [1.165, 1.54) is 6.07 Å². The van der Waals surface area contributed by atoms with Gasteiger partial charge in [0.15, 0.2) is 0 Å². The van der Waals surface area contributed by atoms with E-state index in [0.29, 0.717) is 18.7 Å². The number of benzene rings is 1. The van der Waals surface area contributed by atoms with Crippen LogP contribution >= 0.6 is 15.9 Å². The van der Waals surface area contributed by atoms with Gasteiger partial charge in [0.2, 0.25) is 5.91 Å². The van der Waals surface area contributed by atoms with Crippen LogP contribution in [0.25, 0.3) is 0 Å². The van der Waals surface area contributed by atoms with Gasteiger partial charge in [0, 0.05) is 35.4 Å². The van der Waals surface area contributed by atoms with Crippen molar-refractivity contribution in [1.82, 2.24) is 15.2 Å². The quantitative estimate of drug-likeness (QED) is 0.658. The molecule has 2 amide bonds. The van der Waals surface area contributed by atoms with Crippen LogP contribution < -0.4 is 16.2 Å². The Balaban J connectivity index is 1.62. The molecule has 1 aromatic heterocycles. The summed E-state index contributed by atoms with van der Waals surface area (Å²) in [4.78, 5) is 35.2. The fourth-order valence-electron chi connectivity index (χ4n) is 2.23. The summed E-state index contributed by atoms with van der Waals surface area (Å²) < 4.78 is 2.49. The van der Waals surface area contributed by atoms with Crippen LogP contribution in [-0.2, 0) is 11.3 Å². The minimum Gasteiger partial charge on any atom is -0.355 e. The van der Waals surface area contributed by atoms with Gasteiger partial charge >= 0.3 is 0 Å². The summed E-state index contributed by atoms with van der Waals surface area (Å²) in [5, 5.41) is 5.33. The molecule has 0 spiro atoms. The summed E-state index contributed by atoms with van der Waals surface area (Å²) in [6.45, 7) is 1.04. The summed E-state index contributed by atoms with van der Waals surface area (Å²) >= 11 is 3.33. The topological polar surface area (TPSA) is 80.2 Å². The highest BCUT2D eigenvalue weighted by molar-refractivity contribution is 9.10. The largest absolute Gasteiger partial charge is 0.355 e. The molecule has 0 aliphatic heterocycles. The maximum atomic E-state index is 11.8. The van der Waals surface area contributed by atoms with Gasteiger partial charge in [-0.15, -0.1) is 0 Å². The Labute approximate surface area is 154 Å². The van der Waals surface area contributed by atoms with E-state index in [4.69, 9.17) is 0 Å². The highest BCUT2D eigenvalue weighted by Gasteiger charge is 2.06. The Kier molecular flexibility index (Phi) is 7.40. The summed E-state index contributed by atoms with van der Waals surface area (Å²) in [6.07, 6.45) is 3.27. The van der Waals surface area contributed by atoms with Crippen molar-refractivity contribution in [3.8, 4) is 0 Å². The average Bonchev–Trinajstić information content (AvgIpc) is 2.63. The number of aryl methyl sites for hydroxylation is 1. The Bertz CT molecular complexity index is 775. The monoisotopic (exact) mass is 405 g/mol. The maximum Gasteiger partial charge on any atom is 0.251 e. The van der Waals surface area contributed by atoms with E-state index in [1.54, 1.807) is 41.1 Å². The van der Waals surface area contributed by atoms with Crippen LogP contribution in [-0.4, -0.2) is 29.5 Å². The molecule has 6 nitrogen and oxygen atoms in total. The third kappa shape index (κ3) is 6.54. The molecule has 0 aliphatic rings. The number of carbonyl (C=O) groups is 2. The van der Waals surface area contributed by atoms with Crippen molar-refractivity contribution >= 4 is 27.7 Å². The van der Waals surface area contributed by atoms with Gasteiger partial charge in [-0.25, -0.2) is 0 Å². The molecule has 0 radical (unpaired) electrons. The molecule has 2 rings (SSSR count). The summed E-state index contributed by atoms with van der Waals surface area (Å²) in [5.74, 6) is -0.506. The Morgan fingerprint density at radius 2 is 1.76 bits per heavy atom. The number of nitrogens with one attached hydrogen (secondary N) is 2. The van der Waals surface area contributed by atoms with E-state index in [1.807, 2.05) is 6.07 Å². The van der Waals surface area contributed by atoms with E-state index >= 15 is 0 Å². The van der Waals surface area contributed by atoms with Crippen LogP contribution in [0.4, 0.5) is 0 Å². The van der Waals surface area contributed by atoms with Gasteiger partial charge in [0.1, 0.15) is 0 Å². The SMILES string of the molecule is O=C(CNC(=O)c1ccccc1)NCCCCn1cc(Br)ccc1=O. The number of hydrogen-bond acceptors (Lipinski definition) is 3. The molecule has 132 valence electrons. The first-order valence-electron chi connectivity index (χ1n) is 8.02. The lowest BCUT2D eigenvalue weighted by Crippen LogP contribution is -2.37. The van der Waals surface area contributed by atoms with Crippen LogP contribution in [0.5, 0.6) is 0 Å². The molecule has 2 N–H and O–H groups in total. The van der Waals surface area contributed by atoms with Crippen molar-refractivity contribution in [3.05, 3.63) is 69.1 Å². The van der Waals surface area contributed by atoms with Crippen LogP contribution in [0.3, 0.4) is 0 Å². The molecule has 0 saturated carbocycles. The first kappa shape index (κ1) is 18.9. The first-order valence-corrected chi connectivity index (χ1v) is 8.81. The second-order valence-electron chi connectivity index (χ2n) is 5.48. The normalized spacial score (nSPS) is 10.3. The van der Waals surface area contributed by atoms with Crippen molar-refractivity contribution < 1.29 is 9.59 Å². The molecule has 0 fully saturated rings. The van der Waals surface area contributed by atoms with Gasteiger partial charge in [-0.05, 0) is 47.0 Å². The predicted octanol–water partition coefficient (Wildman–Crippen LogP) is 1.94. The third-order valence-corrected chi connectivity index (χ3v) is 4.01. The molecule has 2 aromatic rings. The summed E-state index contributed by atoms with van der Waals surface area (Å²) in [5.41, 5.74) is 0.477. The van der Waals surface area contributed by atoms with Gasteiger partial charge in [-0.3, -0.25) is 14.4 Å². The number of halogens is 1. The minimum atomic E-state index is -0.273. The zero-order valence-electron chi connectivity index (χ0n) is 13.7. The summed E-state index contributed by atoms with van der Waals surface area (Å²) in [7, 11) is 0. The van der Waals surface area contributed by atoms with Crippen molar-refractivity contribution in [3.63, 3.8) is 0 Å². The number of pyridine rings is 1. The first-order chi connectivity index (χ1) is 12.1. The molecule has 7 heteroatoms. The van der Waals surface area contributed by atoms with Gasteiger partial charge in [-0.2, -0.15) is 0 Å². The fraction of sp³-hybridized carbons (Fsp3) is 0.278. The van der Waals surface area contributed by atoms with Crippen LogP contribution in [0.1, 0.15) is 23.2 Å². The van der Waals surface area contributed by atoms with E-state index < -0.39 is 0 Å². The number of rotatable bonds is 8. The zero-order chi connectivity index (χ0) is 18.1. The lowest BCUT2D eigenvalue weighted by atomic mass is 10.2.